The number of nitro groups is 1. The molecule has 1 aromatic carbocycles. The van der Waals surface area contributed by atoms with Crippen LogP contribution in [0.4, 0.5) is 5.69 Å². The summed E-state index contributed by atoms with van der Waals surface area (Å²) in [6, 6.07) is 4.23. The van der Waals surface area contributed by atoms with Crippen LogP contribution < -0.4 is 5.48 Å². The molecular formula is C8H8N2O4. The van der Waals surface area contributed by atoms with E-state index in [1.165, 1.54) is 17.6 Å². The first-order chi connectivity index (χ1) is 6.57. The Kier molecular flexibility index (Phi) is 2.78. The molecule has 0 saturated heterocycles. The van der Waals surface area contributed by atoms with Crippen molar-refractivity contribution in [3.63, 3.8) is 0 Å². The van der Waals surface area contributed by atoms with Crippen LogP contribution in [0.1, 0.15) is 15.9 Å². The van der Waals surface area contributed by atoms with Crippen LogP contribution in [-0.2, 0) is 0 Å². The largest absolute Gasteiger partial charge is 0.288 e. The molecule has 1 aromatic rings. The van der Waals surface area contributed by atoms with Gasteiger partial charge in [-0.2, -0.15) is 0 Å². The van der Waals surface area contributed by atoms with Crippen molar-refractivity contribution in [2.45, 2.75) is 6.92 Å². The standard InChI is InChI=1S/C8H8N2O4/c1-5-3-2-4-6(10(13)14)7(5)8(11)9-12/h2-4,12H,1H3,(H,9,11). The number of hydroxylamine groups is 1. The van der Waals surface area contributed by atoms with E-state index in [2.05, 4.69) is 0 Å². The molecule has 0 radical (unpaired) electrons. The second-order valence-corrected chi connectivity index (χ2v) is 2.67. The lowest BCUT2D eigenvalue weighted by molar-refractivity contribution is -0.385. The van der Waals surface area contributed by atoms with Gasteiger partial charge < -0.3 is 0 Å². The minimum atomic E-state index is -0.880. The van der Waals surface area contributed by atoms with Crippen LogP contribution >= 0.6 is 0 Å². The van der Waals surface area contributed by atoms with Gasteiger partial charge in [0.05, 0.1) is 4.92 Å². The zero-order valence-electron chi connectivity index (χ0n) is 7.35. The summed E-state index contributed by atoms with van der Waals surface area (Å²) >= 11 is 0. The predicted octanol–water partition coefficient (Wildman–Crippen LogP) is 1.02. The maximum atomic E-state index is 11.1. The highest BCUT2D eigenvalue weighted by Gasteiger charge is 2.21. The van der Waals surface area contributed by atoms with E-state index in [9.17, 15) is 14.9 Å². The van der Waals surface area contributed by atoms with Gasteiger partial charge in [0.15, 0.2) is 0 Å². The van der Waals surface area contributed by atoms with Gasteiger partial charge in [-0.05, 0) is 12.5 Å². The van der Waals surface area contributed by atoms with E-state index in [0.29, 0.717) is 5.56 Å². The third-order valence-corrected chi connectivity index (χ3v) is 1.78. The molecule has 0 unspecified atom stereocenters. The van der Waals surface area contributed by atoms with Gasteiger partial charge in [-0.25, -0.2) is 5.48 Å². The van der Waals surface area contributed by atoms with E-state index in [1.807, 2.05) is 0 Å². The van der Waals surface area contributed by atoms with Crippen molar-refractivity contribution < 1.29 is 14.9 Å². The van der Waals surface area contributed by atoms with Crippen LogP contribution in [-0.4, -0.2) is 16.0 Å². The summed E-state index contributed by atoms with van der Waals surface area (Å²) in [5.74, 6) is -0.880. The van der Waals surface area contributed by atoms with Crippen LogP contribution in [0.15, 0.2) is 18.2 Å². The molecule has 0 aromatic heterocycles. The zero-order valence-corrected chi connectivity index (χ0v) is 7.35. The predicted molar refractivity (Wildman–Crippen MR) is 47.1 cm³/mol. The third-order valence-electron chi connectivity index (χ3n) is 1.78. The van der Waals surface area contributed by atoms with Crippen molar-refractivity contribution >= 4 is 11.6 Å². The summed E-state index contributed by atoms with van der Waals surface area (Å²) in [6.45, 7) is 1.55. The molecule has 0 aliphatic heterocycles. The van der Waals surface area contributed by atoms with Gasteiger partial charge in [0.25, 0.3) is 11.6 Å². The number of carbonyl (C=O) groups is 1. The van der Waals surface area contributed by atoms with Gasteiger partial charge >= 0.3 is 0 Å². The van der Waals surface area contributed by atoms with Crippen molar-refractivity contribution in [3.8, 4) is 0 Å². The SMILES string of the molecule is Cc1cccc([N+](=O)[O-])c1C(=O)NO. The topological polar surface area (TPSA) is 92.5 Å². The Labute approximate surface area is 79.3 Å². The molecule has 0 saturated carbocycles. The minimum Gasteiger partial charge on any atom is -0.288 e. The molecule has 1 amide bonds. The highest BCUT2D eigenvalue weighted by Crippen LogP contribution is 2.21. The zero-order chi connectivity index (χ0) is 10.7. The Morgan fingerprint density at radius 2 is 2.21 bits per heavy atom. The summed E-state index contributed by atoms with van der Waals surface area (Å²) in [4.78, 5) is 21.0. The van der Waals surface area contributed by atoms with Crippen molar-refractivity contribution in [2.24, 2.45) is 0 Å². The van der Waals surface area contributed by atoms with Crippen LogP contribution in [0.2, 0.25) is 0 Å². The fourth-order valence-electron chi connectivity index (χ4n) is 1.16. The summed E-state index contributed by atoms with van der Waals surface area (Å²) < 4.78 is 0. The van der Waals surface area contributed by atoms with E-state index in [0.717, 1.165) is 0 Å². The molecule has 0 heterocycles. The number of aryl methyl sites for hydroxylation is 1. The van der Waals surface area contributed by atoms with Crippen molar-refractivity contribution in [3.05, 3.63) is 39.4 Å². The number of nitrogens with one attached hydrogen (secondary N) is 1. The lowest BCUT2D eigenvalue weighted by Gasteiger charge is -2.03. The second-order valence-electron chi connectivity index (χ2n) is 2.67. The Morgan fingerprint density at radius 1 is 1.57 bits per heavy atom. The molecule has 1 rings (SSSR count). The number of nitrogens with zero attached hydrogens (tertiary/aromatic N) is 1. The van der Waals surface area contributed by atoms with Crippen LogP contribution in [0.3, 0.4) is 0 Å². The number of rotatable bonds is 2. The van der Waals surface area contributed by atoms with Crippen molar-refractivity contribution in [1.29, 1.82) is 0 Å². The molecule has 14 heavy (non-hydrogen) atoms. The van der Waals surface area contributed by atoms with Crippen LogP contribution in [0.25, 0.3) is 0 Å². The maximum Gasteiger partial charge on any atom is 0.282 e. The maximum absolute atomic E-state index is 11.1. The van der Waals surface area contributed by atoms with Gasteiger partial charge in [-0.1, -0.05) is 12.1 Å². The van der Waals surface area contributed by atoms with Crippen LogP contribution in [0.5, 0.6) is 0 Å². The summed E-state index contributed by atoms with van der Waals surface area (Å²) in [5.41, 5.74) is 1.36. The van der Waals surface area contributed by atoms with Crippen LogP contribution in [0, 0.1) is 17.0 Å². The average molecular weight is 196 g/mol. The number of benzene rings is 1. The van der Waals surface area contributed by atoms with Crippen molar-refractivity contribution in [2.75, 3.05) is 0 Å². The number of nitro benzene ring substituents is 1. The number of hydrogen-bond donors (Lipinski definition) is 2. The lowest BCUT2D eigenvalue weighted by atomic mass is 10.1. The molecule has 0 bridgehead atoms. The molecule has 6 heteroatoms. The molecule has 74 valence electrons. The summed E-state index contributed by atoms with van der Waals surface area (Å²) in [6.07, 6.45) is 0. The van der Waals surface area contributed by atoms with Crippen molar-refractivity contribution in [1.82, 2.24) is 5.48 Å². The van der Waals surface area contributed by atoms with Gasteiger partial charge in [-0.15, -0.1) is 0 Å². The fourth-order valence-corrected chi connectivity index (χ4v) is 1.16. The fraction of sp³-hybridized carbons (Fsp3) is 0.125. The third kappa shape index (κ3) is 1.69. The first kappa shape index (κ1) is 10.1. The number of hydrogen-bond acceptors (Lipinski definition) is 4. The van der Waals surface area contributed by atoms with E-state index in [4.69, 9.17) is 5.21 Å². The molecule has 2 N–H and O–H groups in total. The van der Waals surface area contributed by atoms with E-state index < -0.39 is 10.8 Å². The Hall–Kier alpha value is -1.95. The molecule has 0 fully saturated rings. The van der Waals surface area contributed by atoms with E-state index in [-0.39, 0.29) is 11.3 Å². The first-order valence-electron chi connectivity index (χ1n) is 3.76. The number of carbonyl (C=O) groups excluding carboxylic acids is 1. The van der Waals surface area contributed by atoms with E-state index in [1.54, 1.807) is 13.0 Å². The normalized spacial score (nSPS) is 9.57. The van der Waals surface area contributed by atoms with Gasteiger partial charge in [0.1, 0.15) is 5.56 Å². The lowest BCUT2D eigenvalue weighted by Crippen LogP contribution is -2.21. The quantitative estimate of drug-likeness (QED) is 0.419. The molecule has 0 aliphatic carbocycles. The Balaban J connectivity index is 3.36. The molecule has 0 aliphatic rings. The van der Waals surface area contributed by atoms with Gasteiger partial charge in [-0.3, -0.25) is 20.1 Å². The first-order valence-corrected chi connectivity index (χ1v) is 3.76. The summed E-state index contributed by atoms with van der Waals surface area (Å²) in [5, 5.41) is 18.9. The highest BCUT2D eigenvalue weighted by atomic mass is 16.6. The highest BCUT2D eigenvalue weighted by molar-refractivity contribution is 5.98. The van der Waals surface area contributed by atoms with Gasteiger partial charge in [0.2, 0.25) is 0 Å². The second kappa shape index (κ2) is 3.84. The smallest absolute Gasteiger partial charge is 0.282 e. The Morgan fingerprint density at radius 3 is 2.71 bits per heavy atom. The van der Waals surface area contributed by atoms with E-state index >= 15 is 0 Å². The molecule has 6 nitrogen and oxygen atoms in total. The number of amides is 1. The Bertz CT molecular complexity index is 389. The van der Waals surface area contributed by atoms with Gasteiger partial charge in [0, 0.05) is 6.07 Å². The minimum absolute atomic E-state index is 0.125. The average Bonchev–Trinajstić information content (AvgIpc) is 2.16. The monoisotopic (exact) mass is 196 g/mol. The molecule has 0 spiro atoms. The molecular weight excluding hydrogens is 188 g/mol. The summed E-state index contributed by atoms with van der Waals surface area (Å²) in [7, 11) is 0. The molecule has 0 atom stereocenters.